The van der Waals surface area contributed by atoms with Crippen LogP contribution in [0.4, 0.5) is 0 Å². The molecule has 0 heterocycles. The van der Waals surface area contributed by atoms with Crippen molar-refractivity contribution < 1.29 is 28.7 Å². The summed E-state index contributed by atoms with van der Waals surface area (Å²) in [5.74, 6) is 0. The quantitative estimate of drug-likeness (QED) is 0.361. The summed E-state index contributed by atoms with van der Waals surface area (Å²) < 4.78 is 21.8. The molecule has 0 unspecified atom stereocenters. The highest BCUT2D eigenvalue weighted by atomic mass is 31.3. The van der Waals surface area contributed by atoms with Crippen molar-refractivity contribution in [1.82, 2.24) is 4.44 Å². The van der Waals surface area contributed by atoms with E-state index in [1.807, 2.05) is 0 Å². The van der Waals surface area contributed by atoms with Crippen LogP contribution in [0.1, 0.15) is 51.9 Å². The molecule has 7 nitrogen and oxygen atoms in total. The normalized spacial score (nSPS) is 13.2. The SMILES string of the molecule is CCCCCCCCCN(P(=O)(O)O)P(=O)(O)O. The van der Waals surface area contributed by atoms with Gasteiger partial charge in [-0.3, -0.25) is 0 Å². The van der Waals surface area contributed by atoms with Gasteiger partial charge in [0.25, 0.3) is 0 Å². The molecule has 0 radical (unpaired) electrons. The van der Waals surface area contributed by atoms with E-state index in [9.17, 15) is 9.13 Å². The van der Waals surface area contributed by atoms with Crippen LogP contribution in [0.15, 0.2) is 0 Å². The second-order valence-electron chi connectivity index (χ2n) is 4.24. The van der Waals surface area contributed by atoms with Crippen molar-refractivity contribution in [1.29, 1.82) is 0 Å². The van der Waals surface area contributed by atoms with E-state index >= 15 is 0 Å². The summed E-state index contributed by atoms with van der Waals surface area (Å²) in [5, 5.41) is 0. The Morgan fingerprint density at radius 1 is 0.778 bits per heavy atom. The Labute approximate surface area is 108 Å². The Kier molecular flexibility index (Phi) is 8.56. The Balaban J connectivity index is 3.94. The first kappa shape index (κ1) is 18.3. The van der Waals surface area contributed by atoms with Gasteiger partial charge in [-0.05, 0) is 6.42 Å². The molecule has 0 rings (SSSR count). The molecule has 0 aromatic rings. The lowest BCUT2D eigenvalue weighted by atomic mass is 10.1. The molecule has 0 saturated heterocycles. The molecule has 9 heteroatoms. The zero-order valence-electron chi connectivity index (χ0n) is 10.6. The fourth-order valence-electron chi connectivity index (χ4n) is 1.62. The Morgan fingerprint density at radius 2 is 1.17 bits per heavy atom. The zero-order chi connectivity index (χ0) is 14.2. The molecule has 110 valence electrons. The van der Waals surface area contributed by atoms with Gasteiger partial charge in [0.15, 0.2) is 0 Å². The minimum absolute atomic E-state index is 0.0218. The molecular weight excluding hydrogens is 280 g/mol. The molecule has 0 spiro atoms. The lowest BCUT2D eigenvalue weighted by molar-refractivity contribution is 0.266. The van der Waals surface area contributed by atoms with Gasteiger partial charge in [0.2, 0.25) is 0 Å². The molecule has 0 aliphatic heterocycles. The van der Waals surface area contributed by atoms with E-state index in [4.69, 9.17) is 19.6 Å². The molecule has 0 aliphatic rings. The van der Waals surface area contributed by atoms with Crippen molar-refractivity contribution in [3.63, 3.8) is 0 Å². The van der Waals surface area contributed by atoms with Crippen LogP contribution in [0.3, 0.4) is 0 Å². The molecule has 0 aliphatic carbocycles. The molecule has 0 amide bonds. The summed E-state index contributed by atoms with van der Waals surface area (Å²) in [7, 11) is -9.79. The third kappa shape index (κ3) is 8.38. The van der Waals surface area contributed by atoms with Gasteiger partial charge in [-0.15, -0.1) is 4.44 Å². The molecule has 0 aromatic heterocycles. The molecule has 4 N–H and O–H groups in total. The maximum atomic E-state index is 10.9. The lowest BCUT2D eigenvalue weighted by Crippen LogP contribution is -2.18. The van der Waals surface area contributed by atoms with Gasteiger partial charge in [0.05, 0.1) is 0 Å². The topological polar surface area (TPSA) is 118 Å². The Hall–Kier alpha value is 0.260. The van der Waals surface area contributed by atoms with Gasteiger partial charge in [-0.2, -0.15) is 0 Å². The summed E-state index contributed by atoms with van der Waals surface area (Å²) in [6, 6.07) is 0. The molecular formula is C9H23NO6P2. The minimum atomic E-state index is -4.89. The van der Waals surface area contributed by atoms with Gasteiger partial charge in [0.1, 0.15) is 0 Å². The van der Waals surface area contributed by atoms with Gasteiger partial charge in [0, 0.05) is 6.54 Å². The van der Waals surface area contributed by atoms with Crippen molar-refractivity contribution in [2.75, 3.05) is 6.54 Å². The van der Waals surface area contributed by atoms with Crippen molar-refractivity contribution in [3.8, 4) is 0 Å². The van der Waals surface area contributed by atoms with E-state index in [-0.39, 0.29) is 11.0 Å². The number of unbranched alkanes of at least 4 members (excludes halogenated alkanes) is 6. The fraction of sp³-hybridized carbons (Fsp3) is 1.00. The maximum Gasteiger partial charge on any atom is 0.412 e. The highest BCUT2D eigenvalue weighted by Crippen LogP contribution is 2.57. The third-order valence-corrected chi connectivity index (χ3v) is 5.56. The fourth-order valence-corrected chi connectivity index (χ4v) is 3.64. The van der Waals surface area contributed by atoms with E-state index in [1.165, 1.54) is 0 Å². The van der Waals surface area contributed by atoms with Gasteiger partial charge < -0.3 is 19.6 Å². The highest BCUT2D eigenvalue weighted by molar-refractivity contribution is 7.65. The number of hydrogen-bond donors (Lipinski definition) is 4. The average Bonchev–Trinajstić information content (AvgIpc) is 2.18. The summed E-state index contributed by atoms with van der Waals surface area (Å²) >= 11 is 0. The molecule has 0 aromatic carbocycles. The van der Waals surface area contributed by atoms with Crippen molar-refractivity contribution >= 4 is 15.5 Å². The van der Waals surface area contributed by atoms with Crippen LogP contribution in [0.5, 0.6) is 0 Å². The second-order valence-corrected chi connectivity index (χ2v) is 7.58. The van der Waals surface area contributed by atoms with Crippen LogP contribution in [0.2, 0.25) is 0 Å². The highest BCUT2D eigenvalue weighted by Gasteiger charge is 2.38. The van der Waals surface area contributed by atoms with Gasteiger partial charge in [-0.1, -0.05) is 45.4 Å². The van der Waals surface area contributed by atoms with Crippen molar-refractivity contribution in [3.05, 3.63) is 0 Å². The van der Waals surface area contributed by atoms with Crippen LogP contribution < -0.4 is 0 Å². The van der Waals surface area contributed by atoms with Crippen LogP contribution in [0.25, 0.3) is 0 Å². The minimum Gasteiger partial charge on any atom is -0.312 e. The van der Waals surface area contributed by atoms with Gasteiger partial charge in [-0.25, -0.2) is 9.13 Å². The van der Waals surface area contributed by atoms with Crippen LogP contribution in [0, 0.1) is 0 Å². The van der Waals surface area contributed by atoms with E-state index in [0.29, 0.717) is 12.8 Å². The first-order chi connectivity index (χ1) is 8.19. The Bertz CT molecular complexity index is 290. The van der Waals surface area contributed by atoms with E-state index in [2.05, 4.69) is 6.92 Å². The van der Waals surface area contributed by atoms with Crippen LogP contribution in [-0.4, -0.2) is 30.6 Å². The van der Waals surface area contributed by atoms with E-state index in [0.717, 1.165) is 32.1 Å². The van der Waals surface area contributed by atoms with E-state index < -0.39 is 15.5 Å². The summed E-state index contributed by atoms with van der Waals surface area (Å²) in [6.07, 6.45) is 6.46. The molecule has 18 heavy (non-hydrogen) atoms. The number of nitrogens with zero attached hydrogens (tertiary/aromatic N) is 1. The molecule has 0 fully saturated rings. The van der Waals surface area contributed by atoms with Crippen LogP contribution >= 0.6 is 15.5 Å². The largest absolute Gasteiger partial charge is 0.412 e. The Morgan fingerprint density at radius 3 is 1.56 bits per heavy atom. The monoisotopic (exact) mass is 303 g/mol. The predicted molar refractivity (Wildman–Crippen MR) is 68.8 cm³/mol. The van der Waals surface area contributed by atoms with Crippen molar-refractivity contribution in [2.45, 2.75) is 51.9 Å². The van der Waals surface area contributed by atoms with E-state index in [1.54, 1.807) is 0 Å². The molecule has 0 bridgehead atoms. The van der Waals surface area contributed by atoms with Gasteiger partial charge >= 0.3 is 15.5 Å². The molecule has 0 saturated carbocycles. The number of hydrogen-bond acceptors (Lipinski definition) is 2. The standard InChI is InChI=1S/C9H23NO6P2/c1-2-3-4-5-6-7-8-9-10(17(11,12)13)18(14,15)16/h2-9H2,1H3,(H2,11,12,13)(H2,14,15,16). The van der Waals surface area contributed by atoms with Crippen molar-refractivity contribution in [2.24, 2.45) is 0 Å². The second kappa shape index (κ2) is 8.43. The maximum absolute atomic E-state index is 10.9. The summed E-state index contributed by atoms with van der Waals surface area (Å²) in [5.41, 5.74) is 0. The first-order valence-electron chi connectivity index (χ1n) is 6.09. The third-order valence-electron chi connectivity index (χ3n) is 2.56. The average molecular weight is 303 g/mol. The van der Waals surface area contributed by atoms with Crippen LogP contribution in [-0.2, 0) is 9.13 Å². The smallest absolute Gasteiger partial charge is 0.312 e. The lowest BCUT2D eigenvalue weighted by Gasteiger charge is -2.23. The zero-order valence-corrected chi connectivity index (χ0v) is 12.4. The first-order valence-corrected chi connectivity index (χ1v) is 9.22. The molecule has 0 atom stereocenters. The number of rotatable bonds is 10. The summed E-state index contributed by atoms with van der Waals surface area (Å²) in [6.45, 7) is 1.82. The summed E-state index contributed by atoms with van der Waals surface area (Å²) in [4.78, 5) is 35.3. The predicted octanol–water partition coefficient (Wildman–Crippen LogP) is 2.22.